The van der Waals surface area contributed by atoms with Crippen molar-refractivity contribution in [2.45, 2.75) is 13.0 Å². The van der Waals surface area contributed by atoms with Crippen LogP contribution in [-0.2, 0) is 9.53 Å². The molecule has 5 heteroatoms. The van der Waals surface area contributed by atoms with Crippen molar-refractivity contribution < 1.29 is 9.53 Å². The SMILES string of the molecule is COC(C)C(=O)Nc1cccc(C#CCN)n1. The van der Waals surface area contributed by atoms with Crippen molar-refractivity contribution in [3.63, 3.8) is 0 Å². The van der Waals surface area contributed by atoms with Gasteiger partial charge in [0.25, 0.3) is 5.91 Å². The van der Waals surface area contributed by atoms with Crippen molar-refractivity contribution in [2.24, 2.45) is 5.73 Å². The zero-order valence-corrected chi connectivity index (χ0v) is 9.86. The molecule has 0 aliphatic heterocycles. The van der Waals surface area contributed by atoms with Gasteiger partial charge in [-0.15, -0.1) is 0 Å². The number of nitrogens with one attached hydrogen (secondary N) is 1. The lowest BCUT2D eigenvalue weighted by molar-refractivity contribution is -0.124. The summed E-state index contributed by atoms with van der Waals surface area (Å²) in [7, 11) is 1.47. The molecule has 0 radical (unpaired) electrons. The van der Waals surface area contributed by atoms with Crippen LogP contribution in [0.25, 0.3) is 0 Å². The molecule has 0 aliphatic rings. The van der Waals surface area contributed by atoms with E-state index in [1.165, 1.54) is 7.11 Å². The fraction of sp³-hybridized carbons (Fsp3) is 0.333. The number of nitrogens with zero attached hydrogens (tertiary/aromatic N) is 1. The van der Waals surface area contributed by atoms with Gasteiger partial charge >= 0.3 is 0 Å². The van der Waals surface area contributed by atoms with Gasteiger partial charge in [0, 0.05) is 7.11 Å². The Morgan fingerprint density at radius 2 is 2.41 bits per heavy atom. The smallest absolute Gasteiger partial charge is 0.254 e. The van der Waals surface area contributed by atoms with Crippen LogP contribution >= 0.6 is 0 Å². The Morgan fingerprint density at radius 3 is 3.06 bits per heavy atom. The summed E-state index contributed by atoms with van der Waals surface area (Å²) in [4.78, 5) is 15.7. The zero-order chi connectivity index (χ0) is 12.7. The highest BCUT2D eigenvalue weighted by molar-refractivity contribution is 5.93. The Hall–Kier alpha value is -1.90. The van der Waals surface area contributed by atoms with Crippen molar-refractivity contribution in [2.75, 3.05) is 19.0 Å². The van der Waals surface area contributed by atoms with Gasteiger partial charge in [-0.25, -0.2) is 4.98 Å². The van der Waals surface area contributed by atoms with Gasteiger partial charge in [0.05, 0.1) is 6.54 Å². The molecule has 1 amide bonds. The molecule has 0 saturated carbocycles. The van der Waals surface area contributed by atoms with Gasteiger partial charge in [0.1, 0.15) is 17.6 Å². The first-order valence-electron chi connectivity index (χ1n) is 5.17. The van der Waals surface area contributed by atoms with E-state index in [1.54, 1.807) is 25.1 Å². The largest absolute Gasteiger partial charge is 0.372 e. The molecule has 0 saturated heterocycles. The molecule has 1 unspecified atom stereocenters. The predicted molar refractivity (Wildman–Crippen MR) is 65.3 cm³/mol. The highest BCUT2D eigenvalue weighted by atomic mass is 16.5. The Balaban J connectivity index is 2.75. The van der Waals surface area contributed by atoms with Crippen LogP contribution in [0.3, 0.4) is 0 Å². The van der Waals surface area contributed by atoms with Crippen molar-refractivity contribution in [1.29, 1.82) is 0 Å². The molecule has 0 fully saturated rings. The number of pyridine rings is 1. The summed E-state index contributed by atoms with van der Waals surface area (Å²) < 4.78 is 4.89. The molecular weight excluding hydrogens is 218 g/mol. The number of nitrogens with two attached hydrogens (primary N) is 1. The van der Waals surface area contributed by atoms with E-state index in [4.69, 9.17) is 10.5 Å². The third-order valence-electron chi connectivity index (χ3n) is 2.04. The topological polar surface area (TPSA) is 77.2 Å². The van der Waals surface area contributed by atoms with Crippen LogP contribution < -0.4 is 11.1 Å². The molecule has 5 nitrogen and oxygen atoms in total. The second-order valence-electron chi connectivity index (χ2n) is 3.28. The number of rotatable bonds is 3. The molecule has 0 aliphatic carbocycles. The second-order valence-corrected chi connectivity index (χ2v) is 3.28. The van der Waals surface area contributed by atoms with Crippen LogP contribution in [0.1, 0.15) is 12.6 Å². The third-order valence-corrected chi connectivity index (χ3v) is 2.04. The molecular formula is C12H15N3O2. The highest BCUT2D eigenvalue weighted by Gasteiger charge is 2.11. The summed E-state index contributed by atoms with van der Waals surface area (Å²) in [5.74, 6) is 5.69. The molecule has 1 rings (SSSR count). The normalized spacial score (nSPS) is 11.2. The van der Waals surface area contributed by atoms with Crippen LogP contribution in [-0.4, -0.2) is 30.6 Å². The number of carbonyl (C=O) groups is 1. The van der Waals surface area contributed by atoms with Crippen LogP contribution in [0, 0.1) is 11.8 Å². The number of hydrogen-bond acceptors (Lipinski definition) is 4. The predicted octanol–water partition coefficient (Wildman–Crippen LogP) is 0.365. The van der Waals surface area contributed by atoms with E-state index in [1.807, 2.05) is 0 Å². The standard InChI is InChI=1S/C12H15N3O2/c1-9(17-2)12(16)15-11-7-3-5-10(14-11)6-4-8-13/h3,5,7,9H,8,13H2,1-2H3,(H,14,15,16). The lowest BCUT2D eigenvalue weighted by atomic mass is 10.3. The number of methoxy groups -OCH3 is 1. The molecule has 1 aromatic rings. The van der Waals surface area contributed by atoms with Gasteiger partial charge in [-0.1, -0.05) is 12.0 Å². The Labute approximate surface area is 100 Å². The van der Waals surface area contributed by atoms with Crippen molar-refractivity contribution >= 4 is 11.7 Å². The van der Waals surface area contributed by atoms with Crippen LogP contribution in [0.4, 0.5) is 5.82 Å². The van der Waals surface area contributed by atoms with Crippen molar-refractivity contribution in [1.82, 2.24) is 4.98 Å². The van der Waals surface area contributed by atoms with Gasteiger partial charge in [0.2, 0.25) is 0 Å². The Bertz CT molecular complexity index is 449. The van der Waals surface area contributed by atoms with E-state index < -0.39 is 6.10 Å². The van der Waals surface area contributed by atoms with Gasteiger partial charge in [-0.3, -0.25) is 4.79 Å². The van der Waals surface area contributed by atoms with E-state index in [2.05, 4.69) is 22.1 Å². The van der Waals surface area contributed by atoms with Crippen LogP contribution in [0.15, 0.2) is 18.2 Å². The molecule has 3 N–H and O–H groups in total. The maximum Gasteiger partial charge on any atom is 0.254 e. The summed E-state index contributed by atoms with van der Waals surface area (Å²) in [6.07, 6.45) is -0.518. The van der Waals surface area contributed by atoms with E-state index in [0.29, 0.717) is 11.5 Å². The summed E-state index contributed by atoms with van der Waals surface area (Å²) in [5.41, 5.74) is 5.83. The number of hydrogen-bond donors (Lipinski definition) is 2. The lowest BCUT2D eigenvalue weighted by Gasteiger charge is -2.09. The van der Waals surface area contributed by atoms with Crippen LogP contribution in [0.2, 0.25) is 0 Å². The summed E-state index contributed by atoms with van der Waals surface area (Å²) in [5, 5.41) is 2.64. The second kappa shape index (κ2) is 6.63. The molecule has 0 aromatic carbocycles. The molecule has 17 heavy (non-hydrogen) atoms. The van der Waals surface area contributed by atoms with Gasteiger partial charge in [0.15, 0.2) is 0 Å². The number of amides is 1. The molecule has 1 aromatic heterocycles. The van der Waals surface area contributed by atoms with E-state index >= 15 is 0 Å². The van der Waals surface area contributed by atoms with E-state index in [-0.39, 0.29) is 12.5 Å². The molecule has 1 atom stereocenters. The summed E-state index contributed by atoms with van der Waals surface area (Å²) in [6, 6.07) is 5.20. The quantitative estimate of drug-likeness (QED) is 0.739. The average molecular weight is 233 g/mol. The van der Waals surface area contributed by atoms with Crippen molar-refractivity contribution in [3.8, 4) is 11.8 Å². The fourth-order valence-electron chi connectivity index (χ4n) is 1.05. The highest BCUT2D eigenvalue weighted by Crippen LogP contribution is 2.05. The minimum absolute atomic E-state index is 0.246. The minimum atomic E-state index is -0.518. The molecule has 0 bridgehead atoms. The summed E-state index contributed by atoms with van der Waals surface area (Å²) >= 11 is 0. The Kier molecular flexibility index (Phi) is 5.14. The minimum Gasteiger partial charge on any atom is -0.372 e. The fourth-order valence-corrected chi connectivity index (χ4v) is 1.05. The van der Waals surface area contributed by atoms with Crippen LogP contribution in [0.5, 0.6) is 0 Å². The molecule has 1 heterocycles. The maximum absolute atomic E-state index is 11.5. The average Bonchev–Trinajstić information content (AvgIpc) is 2.35. The van der Waals surface area contributed by atoms with Crippen molar-refractivity contribution in [3.05, 3.63) is 23.9 Å². The van der Waals surface area contributed by atoms with Gasteiger partial charge in [-0.2, -0.15) is 0 Å². The number of carbonyl (C=O) groups excluding carboxylic acids is 1. The lowest BCUT2D eigenvalue weighted by Crippen LogP contribution is -2.26. The van der Waals surface area contributed by atoms with E-state index in [0.717, 1.165) is 0 Å². The first-order chi connectivity index (χ1) is 8.17. The molecule has 0 spiro atoms. The zero-order valence-electron chi connectivity index (χ0n) is 9.86. The first-order valence-corrected chi connectivity index (χ1v) is 5.17. The number of aromatic nitrogens is 1. The molecule has 90 valence electrons. The monoisotopic (exact) mass is 233 g/mol. The van der Waals surface area contributed by atoms with E-state index in [9.17, 15) is 4.79 Å². The number of anilines is 1. The maximum atomic E-state index is 11.5. The van der Waals surface area contributed by atoms with Gasteiger partial charge < -0.3 is 15.8 Å². The summed E-state index contributed by atoms with van der Waals surface area (Å²) in [6.45, 7) is 1.94. The Morgan fingerprint density at radius 1 is 1.65 bits per heavy atom. The van der Waals surface area contributed by atoms with Gasteiger partial charge in [-0.05, 0) is 25.0 Å². The third kappa shape index (κ3) is 4.23. The number of ether oxygens (including phenoxy) is 1. The first kappa shape index (κ1) is 13.2.